The summed E-state index contributed by atoms with van der Waals surface area (Å²) < 4.78 is 11.6. The van der Waals surface area contributed by atoms with Crippen molar-refractivity contribution in [3.63, 3.8) is 0 Å². The van der Waals surface area contributed by atoms with E-state index in [1.807, 2.05) is 24.3 Å². The Balaban J connectivity index is 1.88. The molecule has 1 aromatic carbocycles. The van der Waals surface area contributed by atoms with Crippen molar-refractivity contribution >= 4 is 33.2 Å². The molecule has 0 unspecified atom stereocenters. The first-order chi connectivity index (χ1) is 10.6. The standard InChI is InChI=1S/C16H18BrNO3S/c1-20-12-3-5-14(21-2)11(9-12)10-16(19)18-8-7-13-4-6-15(17)22-13/h3-6,9H,7-8,10H2,1-2H3,(H,18,19). The van der Waals surface area contributed by atoms with Gasteiger partial charge < -0.3 is 14.8 Å². The molecule has 118 valence electrons. The lowest BCUT2D eigenvalue weighted by atomic mass is 10.1. The Kier molecular flexibility index (Phi) is 6.27. The van der Waals surface area contributed by atoms with Crippen LogP contribution in [0, 0.1) is 0 Å². The van der Waals surface area contributed by atoms with E-state index < -0.39 is 0 Å². The van der Waals surface area contributed by atoms with Crippen LogP contribution >= 0.6 is 27.3 Å². The second-order valence-electron chi connectivity index (χ2n) is 4.66. The van der Waals surface area contributed by atoms with Crippen LogP contribution in [0.1, 0.15) is 10.4 Å². The average molecular weight is 384 g/mol. The van der Waals surface area contributed by atoms with Gasteiger partial charge in [0.15, 0.2) is 0 Å². The van der Waals surface area contributed by atoms with Gasteiger partial charge in [-0.1, -0.05) is 0 Å². The van der Waals surface area contributed by atoms with Gasteiger partial charge in [0.05, 0.1) is 24.4 Å². The lowest BCUT2D eigenvalue weighted by Crippen LogP contribution is -2.27. The normalized spacial score (nSPS) is 10.3. The summed E-state index contributed by atoms with van der Waals surface area (Å²) >= 11 is 5.12. The van der Waals surface area contributed by atoms with Gasteiger partial charge >= 0.3 is 0 Å². The Hall–Kier alpha value is -1.53. The van der Waals surface area contributed by atoms with Crippen LogP contribution in [0.4, 0.5) is 0 Å². The van der Waals surface area contributed by atoms with Gasteiger partial charge in [-0.05, 0) is 52.7 Å². The van der Waals surface area contributed by atoms with Crippen LogP contribution in [0.15, 0.2) is 34.1 Å². The first kappa shape index (κ1) is 16.8. The highest BCUT2D eigenvalue weighted by molar-refractivity contribution is 9.11. The van der Waals surface area contributed by atoms with E-state index in [4.69, 9.17) is 9.47 Å². The van der Waals surface area contributed by atoms with Crippen LogP contribution in [-0.2, 0) is 17.6 Å². The molecule has 2 rings (SSSR count). The van der Waals surface area contributed by atoms with Crippen LogP contribution in [-0.4, -0.2) is 26.7 Å². The first-order valence-electron chi connectivity index (χ1n) is 6.84. The minimum absolute atomic E-state index is 0.0258. The van der Waals surface area contributed by atoms with E-state index in [-0.39, 0.29) is 12.3 Å². The second kappa shape index (κ2) is 8.19. The SMILES string of the molecule is COc1ccc(OC)c(CC(=O)NCCc2ccc(Br)s2)c1. The molecular weight excluding hydrogens is 366 g/mol. The molecule has 0 atom stereocenters. The number of benzene rings is 1. The van der Waals surface area contributed by atoms with Gasteiger partial charge in [-0.2, -0.15) is 0 Å². The van der Waals surface area contributed by atoms with Crippen LogP contribution in [0.2, 0.25) is 0 Å². The van der Waals surface area contributed by atoms with Crippen molar-refractivity contribution in [2.24, 2.45) is 0 Å². The number of carbonyl (C=O) groups excluding carboxylic acids is 1. The highest BCUT2D eigenvalue weighted by Gasteiger charge is 2.10. The van der Waals surface area contributed by atoms with E-state index in [0.717, 1.165) is 15.8 Å². The molecule has 0 radical (unpaired) electrons. The van der Waals surface area contributed by atoms with Crippen molar-refractivity contribution in [1.82, 2.24) is 5.32 Å². The van der Waals surface area contributed by atoms with E-state index in [0.29, 0.717) is 18.0 Å². The maximum atomic E-state index is 12.1. The van der Waals surface area contributed by atoms with Gasteiger partial charge in [0.2, 0.25) is 5.91 Å². The zero-order valence-electron chi connectivity index (χ0n) is 12.5. The molecular formula is C16H18BrNO3S. The summed E-state index contributed by atoms with van der Waals surface area (Å²) in [4.78, 5) is 13.3. The molecule has 1 heterocycles. The zero-order valence-corrected chi connectivity index (χ0v) is 14.9. The molecule has 0 aliphatic rings. The van der Waals surface area contributed by atoms with Crippen LogP contribution in [0.25, 0.3) is 0 Å². The van der Waals surface area contributed by atoms with Crippen molar-refractivity contribution in [3.05, 3.63) is 44.6 Å². The van der Waals surface area contributed by atoms with Crippen molar-refractivity contribution < 1.29 is 14.3 Å². The topological polar surface area (TPSA) is 47.6 Å². The van der Waals surface area contributed by atoms with E-state index in [9.17, 15) is 4.79 Å². The van der Waals surface area contributed by atoms with Gasteiger partial charge in [-0.15, -0.1) is 11.3 Å². The molecule has 0 saturated carbocycles. The Morgan fingerprint density at radius 1 is 1.23 bits per heavy atom. The van der Waals surface area contributed by atoms with Gasteiger partial charge in [-0.25, -0.2) is 0 Å². The Morgan fingerprint density at radius 3 is 2.68 bits per heavy atom. The van der Waals surface area contributed by atoms with Crippen LogP contribution in [0.3, 0.4) is 0 Å². The number of methoxy groups -OCH3 is 2. The number of amides is 1. The van der Waals surface area contributed by atoms with Gasteiger partial charge in [0, 0.05) is 17.0 Å². The summed E-state index contributed by atoms with van der Waals surface area (Å²) in [5.74, 6) is 1.38. The number of thiophene rings is 1. The van der Waals surface area contributed by atoms with Crippen molar-refractivity contribution in [3.8, 4) is 11.5 Å². The van der Waals surface area contributed by atoms with Crippen molar-refractivity contribution in [2.75, 3.05) is 20.8 Å². The molecule has 22 heavy (non-hydrogen) atoms. The lowest BCUT2D eigenvalue weighted by Gasteiger charge is -2.10. The summed E-state index contributed by atoms with van der Waals surface area (Å²) in [5.41, 5.74) is 0.818. The van der Waals surface area contributed by atoms with Crippen molar-refractivity contribution in [1.29, 1.82) is 0 Å². The minimum Gasteiger partial charge on any atom is -0.497 e. The Labute approximate surface area is 142 Å². The molecule has 1 amide bonds. The molecule has 0 aliphatic carbocycles. The fourth-order valence-corrected chi connectivity index (χ4v) is 3.55. The maximum absolute atomic E-state index is 12.1. The molecule has 0 aliphatic heterocycles. The number of rotatable bonds is 7. The predicted octanol–water partition coefficient (Wildman–Crippen LogP) is 3.43. The number of ether oxygens (including phenoxy) is 2. The number of hydrogen-bond donors (Lipinski definition) is 1. The summed E-state index contributed by atoms with van der Waals surface area (Å²) in [7, 11) is 3.20. The quantitative estimate of drug-likeness (QED) is 0.796. The first-order valence-corrected chi connectivity index (χ1v) is 8.45. The highest BCUT2D eigenvalue weighted by Crippen LogP contribution is 2.24. The Morgan fingerprint density at radius 2 is 2.05 bits per heavy atom. The number of hydrogen-bond acceptors (Lipinski definition) is 4. The monoisotopic (exact) mass is 383 g/mol. The highest BCUT2D eigenvalue weighted by atomic mass is 79.9. The van der Waals surface area contributed by atoms with Gasteiger partial charge in [-0.3, -0.25) is 4.79 Å². The lowest BCUT2D eigenvalue weighted by molar-refractivity contribution is -0.120. The van der Waals surface area contributed by atoms with E-state index in [1.165, 1.54) is 4.88 Å². The zero-order chi connectivity index (χ0) is 15.9. The maximum Gasteiger partial charge on any atom is 0.224 e. The number of nitrogens with one attached hydrogen (secondary N) is 1. The average Bonchev–Trinajstić information content (AvgIpc) is 2.92. The third-order valence-electron chi connectivity index (χ3n) is 3.16. The summed E-state index contributed by atoms with van der Waals surface area (Å²) in [6, 6.07) is 9.53. The fraction of sp³-hybridized carbons (Fsp3) is 0.312. The molecule has 1 aromatic heterocycles. The summed E-state index contributed by atoms with van der Waals surface area (Å²) in [6.45, 7) is 0.623. The molecule has 2 aromatic rings. The molecule has 4 nitrogen and oxygen atoms in total. The minimum atomic E-state index is -0.0258. The molecule has 0 bridgehead atoms. The smallest absolute Gasteiger partial charge is 0.224 e. The van der Waals surface area contributed by atoms with E-state index in [1.54, 1.807) is 25.6 Å². The van der Waals surface area contributed by atoms with E-state index in [2.05, 4.69) is 27.3 Å². The van der Waals surface area contributed by atoms with Gasteiger partial charge in [0.25, 0.3) is 0 Å². The predicted molar refractivity (Wildman–Crippen MR) is 92.0 cm³/mol. The van der Waals surface area contributed by atoms with Crippen molar-refractivity contribution in [2.45, 2.75) is 12.8 Å². The third kappa shape index (κ3) is 4.74. The largest absolute Gasteiger partial charge is 0.497 e. The van der Waals surface area contributed by atoms with Gasteiger partial charge in [0.1, 0.15) is 11.5 Å². The van der Waals surface area contributed by atoms with E-state index >= 15 is 0 Å². The molecule has 0 fully saturated rings. The molecule has 1 N–H and O–H groups in total. The Bertz CT molecular complexity index is 642. The fourth-order valence-electron chi connectivity index (χ4n) is 2.07. The third-order valence-corrected chi connectivity index (χ3v) is 4.84. The molecule has 0 saturated heterocycles. The number of carbonyl (C=O) groups is 1. The number of halogens is 1. The molecule has 6 heteroatoms. The molecule has 0 spiro atoms. The summed E-state index contributed by atoms with van der Waals surface area (Å²) in [5, 5.41) is 2.93. The van der Waals surface area contributed by atoms with Crippen LogP contribution in [0.5, 0.6) is 11.5 Å². The second-order valence-corrected chi connectivity index (χ2v) is 7.21. The summed E-state index contributed by atoms with van der Waals surface area (Å²) in [6.07, 6.45) is 1.10. The van der Waals surface area contributed by atoms with Crippen LogP contribution < -0.4 is 14.8 Å².